The Labute approximate surface area is 180 Å². The highest BCUT2D eigenvalue weighted by molar-refractivity contribution is 5.78. The fraction of sp³-hybridized carbons (Fsp3) is 0.857. The molecule has 0 aromatic carbocycles. The number of carbonyl (C=O) groups is 3. The number of carboxylic acid groups (broad SMARTS) is 1. The van der Waals surface area contributed by atoms with E-state index in [0.29, 0.717) is 11.8 Å². The molecule has 9 nitrogen and oxygen atoms in total. The van der Waals surface area contributed by atoms with Gasteiger partial charge >= 0.3 is 18.3 Å². The molecule has 0 heterocycles. The molecule has 31 heavy (non-hydrogen) atoms. The molecule has 0 unspecified atom stereocenters. The molecule has 3 rings (SSSR count). The van der Waals surface area contributed by atoms with E-state index >= 15 is 0 Å². The molecule has 0 bridgehead atoms. The molecule has 3 fully saturated rings. The lowest BCUT2D eigenvalue weighted by Crippen LogP contribution is -2.53. The van der Waals surface area contributed by atoms with Crippen molar-refractivity contribution in [1.82, 2.24) is 0 Å². The summed E-state index contributed by atoms with van der Waals surface area (Å²) in [6.07, 6.45) is -3.06. The first-order valence-corrected chi connectivity index (χ1v) is 10.9. The average Bonchev–Trinajstić information content (AvgIpc) is 3.28. The second-order valence-electron chi connectivity index (χ2n) is 9.49. The molecule has 3 N–H and O–H groups in total. The van der Waals surface area contributed by atoms with Gasteiger partial charge in [0.15, 0.2) is 6.17 Å². The predicted octanol–water partition coefficient (Wildman–Crippen LogP) is 3.44. The SMILES string of the molecule is CC(C)[C@@H]1CC[C@@H](C)C[C@H]1OC(=O)O[C@H](C)OC(=O)[C@H]1[C@@H]2C[C@H](F)[C@@](N)(OC(=O)O)[C@@H]21. The van der Waals surface area contributed by atoms with Crippen LogP contribution in [-0.2, 0) is 23.7 Å². The third kappa shape index (κ3) is 4.88. The van der Waals surface area contributed by atoms with Gasteiger partial charge in [0.25, 0.3) is 0 Å². The summed E-state index contributed by atoms with van der Waals surface area (Å²) in [5.74, 6) is -1.77. The Morgan fingerprint density at radius 2 is 1.81 bits per heavy atom. The summed E-state index contributed by atoms with van der Waals surface area (Å²) in [5, 5.41) is 8.81. The lowest BCUT2D eigenvalue weighted by Gasteiger charge is -2.36. The van der Waals surface area contributed by atoms with E-state index in [4.69, 9.17) is 25.1 Å². The van der Waals surface area contributed by atoms with E-state index in [-0.39, 0.29) is 18.4 Å². The van der Waals surface area contributed by atoms with Gasteiger partial charge in [0, 0.05) is 12.8 Å². The Kier molecular flexibility index (Phi) is 6.69. The number of nitrogens with two attached hydrogens (primary N) is 1. The predicted molar refractivity (Wildman–Crippen MR) is 104 cm³/mol. The minimum absolute atomic E-state index is 0.0953. The number of hydrogen-bond donors (Lipinski definition) is 2. The molecule has 0 aromatic heterocycles. The second-order valence-corrected chi connectivity index (χ2v) is 9.49. The summed E-state index contributed by atoms with van der Waals surface area (Å²) in [4.78, 5) is 35.5. The van der Waals surface area contributed by atoms with Crippen molar-refractivity contribution in [1.29, 1.82) is 0 Å². The summed E-state index contributed by atoms with van der Waals surface area (Å²) in [6.45, 7) is 7.67. The molecular weight excluding hydrogens is 413 g/mol. The van der Waals surface area contributed by atoms with E-state index in [1.165, 1.54) is 6.92 Å². The summed E-state index contributed by atoms with van der Waals surface area (Å²) >= 11 is 0. The molecule has 0 aliphatic heterocycles. The van der Waals surface area contributed by atoms with E-state index in [1.807, 2.05) is 0 Å². The quantitative estimate of drug-likeness (QED) is 0.358. The highest BCUT2D eigenvalue weighted by Gasteiger charge is 2.74. The number of fused-ring (bicyclic) bond motifs is 1. The molecule has 3 aliphatic rings. The van der Waals surface area contributed by atoms with Gasteiger partial charge in [-0.1, -0.05) is 27.2 Å². The molecule has 0 radical (unpaired) electrons. The van der Waals surface area contributed by atoms with Crippen molar-refractivity contribution in [2.75, 3.05) is 0 Å². The van der Waals surface area contributed by atoms with Gasteiger partial charge < -0.3 is 24.1 Å². The number of carbonyl (C=O) groups excluding carboxylic acids is 2. The fourth-order valence-corrected chi connectivity index (χ4v) is 5.32. The molecule has 0 aromatic rings. The van der Waals surface area contributed by atoms with Crippen molar-refractivity contribution >= 4 is 18.3 Å². The molecule has 3 saturated carbocycles. The Bertz CT molecular complexity index is 717. The van der Waals surface area contributed by atoms with Gasteiger partial charge in [-0.05, 0) is 42.9 Å². The molecular formula is C21H32FNO8. The maximum atomic E-state index is 14.1. The zero-order valence-corrected chi connectivity index (χ0v) is 18.3. The van der Waals surface area contributed by atoms with Crippen LogP contribution in [0.2, 0.25) is 0 Å². The Morgan fingerprint density at radius 1 is 1.13 bits per heavy atom. The van der Waals surface area contributed by atoms with Crippen molar-refractivity contribution in [3.63, 3.8) is 0 Å². The van der Waals surface area contributed by atoms with Crippen molar-refractivity contribution in [2.24, 2.45) is 41.2 Å². The molecule has 0 spiro atoms. The first kappa shape index (κ1) is 23.6. The van der Waals surface area contributed by atoms with Gasteiger partial charge in [0.2, 0.25) is 12.0 Å². The van der Waals surface area contributed by atoms with Gasteiger partial charge in [-0.2, -0.15) is 0 Å². The summed E-state index contributed by atoms with van der Waals surface area (Å²) in [7, 11) is 0. The van der Waals surface area contributed by atoms with E-state index in [9.17, 15) is 18.8 Å². The van der Waals surface area contributed by atoms with Crippen molar-refractivity contribution in [3.8, 4) is 0 Å². The van der Waals surface area contributed by atoms with Crippen molar-refractivity contribution < 1.29 is 42.8 Å². The van der Waals surface area contributed by atoms with Gasteiger partial charge in [-0.3, -0.25) is 10.5 Å². The van der Waals surface area contributed by atoms with E-state index < -0.39 is 54.2 Å². The normalized spacial score (nSPS) is 39.9. The highest BCUT2D eigenvalue weighted by atomic mass is 19.1. The number of alkyl halides is 1. The second kappa shape index (κ2) is 8.80. The van der Waals surface area contributed by atoms with Crippen molar-refractivity contribution in [3.05, 3.63) is 0 Å². The minimum atomic E-state index is -2.08. The molecule has 176 valence electrons. The van der Waals surface area contributed by atoms with Crippen LogP contribution < -0.4 is 5.73 Å². The zero-order chi connectivity index (χ0) is 23.1. The van der Waals surface area contributed by atoms with Crippen LogP contribution in [0.3, 0.4) is 0 Å². The summed E-state index contributed by atoms with van der Waals surface area (Å²) in [6, 6.07) is 0. The van der Waals surface area contributed by atoms with E-state index in [1.54, 1.807) is 0 Å². The first-order chi connectivity index (χ1) is 14.4. The maximum Gasteiger partial charge on any atom is 0.511 e. The van der Waals surface area contributed by atoms with Crippen LogP contribution in [0.15, 0.2) is 0 Å². The monoisotopic (exact) mass is 445 g/mol. The zero-order valence-electron chi connectivity index (χ0n) is 18.3. The highest BCUT2D eigenvalue weighted by Crippen LogP contribution is 2.63. The summed E-state index contributed by atoms with van der Waals surface area (Å²) < 4.78 is 34.4. The summed E-state index contributed by atoms with van der Waals surface area (Å²) in [5.41, 5.74) is 3.71. The Balaban J connectivity index is 1.50. The van der Waals surface area contributed by atoms with Gasteiger partial charge in [0.05, 0.1) is 5.92 Å². The third-order valence-electron chi connectivity index (χ3n) is 6.95. The topological polar surface area (TPSA) is 134 Å². The van der Waals surface area contributed by atoms with E-state index in [2.05, 4.69) is 25.5 Å². The number of halogens is 1. The van der Waals surface area contributed by atoms with Gasteiger partial charge in [0.1, 0.15) is 6.10 Å². The van der Waals surface area contributed by atoms with Crippen LogP contribution in [0.4, 0.5) is 14.0 Å². The fourth-order valence-electron chi connectivity index (χ4n) is 5.32. The number of ether oxygens (including phenoxy) is 4. The van der Waals surface area contributed by atoms with Crippen LogP contribution in [0.5, 0.6) is 0 Å². The van der Waals surface area contributed by atoms with Gasteiger partial charge in [-0.25, -0.2) is 14.0 Å². The largest absolute Gasteiger partial charge is 0.511 e. The van der Waals surface area contributed by atoms with E-state index in [0.717, 1.165) is 19.3 Å². The van der Waals surface area contributed by atoms with Crippen LogP contribution in [0.1, 0.15) is 53.4 Å². The number of rotatable bonds is 6. The van der Waals surface area contributed by atoms with Crippen molar-refractivity contribution in [2.45, 2.75) is 77.7 Å². The molecule has 3 aliphatic carbocycles. The maximum absolute atomic E-state index is 14.1. The lowest BCUT2D eigenvalue weighted by molar-refractivity contribution is -0.174. The Hall–Kier alpha value is -2.10. The van der Waals surface area contributed by atoms with Crippen LogP contribution in [0.25, 0.3) is 0 Å². The van der Waals surface area contributed by atoms with Gasteiger partial charge in [-0.15, -0.1) is 0 Å². The third-order valence-corrected chi connectivity index (χ3v) is 6.95. The molecule has 9 atom stereocenters. The standard InChI is InChI=1S/C21H32FNO8/c1-9(2)12-6-5-10(3)7-14(12)30-20(27)29-11(4)28-18(24)16-13-8-15(22)21(23,17(13)16)31-19(25)26/h9-17H,5-8,23H2,1-4H3,(H,25,26)/t10-,11-,12+,13+,14-,15+,16+,17+,21-/m1/s1. The molecule has 0 amide bonds. The number of hydrogen-bond acceptors (Lipinski definition) is 8. The average molecular weight is 445 g/mol. The van der Waals surface area contributed by atoms with Crippen LogP contribution in [0, 0.1) is 35.5 Å². The molecule has 0 saturated heterocycles. The first-order valence-electron chi connectivity index (χ1n) is 10.9. The van der Waals surface area contributed by atoms with Crippen LogP contribution in [-0.4, -0.2) is 47.7 Å². The lowest BCUT2D eigenvalue weighted by atomic mass is 9.75. The van der Waals surface area contributed by atoms with Crippen LogP contribution >= 0.6 is 0 Å². The number of esters is 1. The molecule has 10 heteroatoms. The minimum Gasteiger partial charge on any atom is -0.450 e. The Morgan fingerprint density at radius 3 is 2.42 bits per heavy atom. The smallest absolute Gasteiger partial charge is 0.450 e.